The molecule has 2 heterocycles. The van der Waals surface area contributed by atoms with E-state index in [4.69, 9.17) is 4.42 Å². The molecule has 0 saturated carbocycles. The van der Waals surface area contributed by atoms with Crippen LogP contribution in [0.4, 0.5) is 0 Å². The van der Waals surface area contributed by atoms with Crippen molar-refractivity contribution in [2.45, 2.75) is 24.2 Å². The average molecular weight is 462 g/mol. The van der Waals surface area contributed by atoms with Gasteiger partial charge in [-0.05, 0) is 55.0 Å². The Morgan fingerprint density at radius 1 is 1.04 bits per heavy atom. The minimum absolute atomic E-state index is 0.292. The van der Waals surface area contributed by atoms with E-state index in [0.29, 0.717) is 30.0 Å². The zero-order valence-electron chi connectivity index (χ0n) is 15.2. The summed E-state index contributed by atoms with van der Waals surface area (Å²) < 4.78 is 33.6. The quantitative estimate of drug-likeness (QED) is 0.546. The number of hydrogen-bond donors (Lipinski definition) is 0. The molecule has 1 aromatic heterocycles. The van der Waals surface area contributed by atoms with Crippen LogP contribution in [0.5, 0.6) is 0 Å². The highest BCUT2D eigenvalue weighted by Gasteiger charge is 2.32. The third kappa shape index (κ3) is 3.92. The van der Waals surface area contributed by atoms with Crippen LogP contribution in [0.3, 0.4) is 0 Å². The zero-order valence-corrected chi connectivity index (χ0v) is 17.6. The van der Waals surface area contributed by atoms with Crippen molar-refractivity contribution in [1.29, 1.82) is 0 Å². The van der Waals surface area contributed by atoms with E-state index >= 15 is 0 Å². The molecule has 0 bridgehead atoms. The Kier molecular flexibility index (Phi) is 5.40. The molecule has 0 amide bonds. The van der Waals surface area contributed by atoms with Gasteiger partial charge in [0.25, 0.3) is 0 Å². The van der Waals surface area contributed by atoms with E-state index in [0.717, 1.165) is 23.7 Å². The highest BCUT2D eigenvalue weighted by atomic mass is 79.9. The van der Waals surface area contributed by atoms with Gasteiger partial charge in [0.1, 0.15) is 5.58 Å². The SMILES string of the molecule is O=c1oc2ccc(Br)cc2cc1S(=O)(=O)N1CCC(Cc2ccccc2)CC1. The van der Waals surface area contributed by atoms with Crippen LogP contribution in [0, 0.1) is 5.92 Å². The Morgan fingerprint density at radius 3 is 2.46 bits per heavy atom. The molecule has 0 atom stereocenters. The third-order valence-corrected chi connectivity index (χ3v) is 7.60. The van der Waals surface area contributed by atoms with Crippen LogP contribution in [0.15, 0.2) is 73.2 Å². The second-order valence-corrected chi connectivity index (χ2v) is 9.94. The van der Waals surface area contributed by atoms with E-state index in [9.17, 15) is 13.2 Å². The van der Waals surface area contributed by atoms with E-state index in [1.807, 2.05) is 18.2 Å². The Morgan fingerprint density at radius 2 is 1.75 bits per heavy atom. The molecule has 2 aromatic carbocycles. The van der Waals surface area contributed by atoms with E-state index in [-0.39, 0.29) is 4.90 Å². The maximum atomic E-state index is 13.1. The highest BCUT2D eigenvalue weighted by Crippen LogP contribution is 2.27. The van der Waals surface area contributed by atoms with Crippen molar-refractivity contribution in [2.75, 3.05) is 13.1 Å². The van der Waals surface area contributed by atoms with Gasteiger partial charge in [0.05, 0.1) is 0 Å². The zero-order chi connectivity index (χ0) is 19.7. The average Bonchev–Trinajstić information content (AvgIpc) is 2.69. The minimum atomic E-state index is -3.88. The van der Waals surface area contributed by atoms with Crippen LogP contribution in [-0.2, 0) is 16.4 Å². The summed E-state index contributed by atoms with van der Waals surface area (Å²) in [7, 11) is -3.88. The number of fused-ring (bicyclic) bond motifs is 1. The molecule has 1 aliphatic heterocycles. The Balaban J connectivity index is 1.54. The second kappa shape index (κ2) is 7.81. The van der Waals surface area contributed by atoms with E-state index in [1.165, 1.54) is 15.9 Å². The topological polar surface area (TPSA) is 67.6 Å². The number of piperidine rings is 1. The minimum Gasteiger partial charge on any atom is -0.422 e. The smallest absolute Gasteiger partial charge is 0.356 e. The van der Waals surface area contributed by atoms with Gasteiger partial charge in [-0.25, -0.2) is 13.2 Å². The standard InChI is InChI=1S/C21H20BrNO4S/c22-18-6-7-19-17(13-18)14-20(21(24)27-19)28(25,26)23-10-8-16(9-11-23)12-15-4-2-1-3-5-15/h1-7,13-14,16H,8-12H2. The van der Waals surface area contributed by atoms with Crippen molar-refractivity contribution in [1.82, 2.24) is 4.31 Å². The van der Waals surface area contributed by atoms with Crippen molar-refractivity contribution in [2.24, 2.45) is 5.92 Å². The normalized spacial score (nSPS) is 16.5. The van der Waals surface area contributed by atoms with Gasteiger partial charge in [0.2, 0.25) is 10.0 Å². The predicted molar refractivity (Wildman–Crippen MR) is 112 cm³/mol. The van der Waals surface area contributed by atoms with E-state index < -0.39 is 15.6 Å². The summed E-state index contributed by atoms with van der Waals surface area (Å²) in [6, 6.07) is 16.8. The molecule has 5 nitrogen and oxygen atoms in total. The van der Waals surface area contributed by atoms with Gasteiger partial charge in [-0.3, -0.25) is 0 Å². The largest absolute Gasteiger partial charge is 0.422 e. The fourth-order valence-electron chi connectivity index (χ4n) is 3.70. The molecule has 1 saturated heterocycles. The van der Waals surface area contributed by atoms with E-state index in [2.05, 4.69) is 28.1 Å². The number of nitrogens with zero attached hydrogens (tertiary/aromatic N) is 1. The number of hydrogen-bond acceptors (Lipinski definition) is 4. The van der Waals surface area contributed by atoms with Crippen LogP contribution in [0.1, 0.15) is 18.4 Å². The molecular formula is C21H20BrNO4S. The number of halogens is 1. The molecule has 1 aliphatic rings. The number of rotatable bonds is 4. The van der Waals surface area contributed by atoms with Crippen LogP contribution < -0.4 is 5.63 Å². The highest BCUT2D eigenvalue weighted by molar-refractivity contribution is 9.10. The van der Waals surface area contributed by atoms with Crippen LogP contribution in [0.2, 0.25) is 0 Å². The lowest BCUT2D eigenvalue weighted by molar-refractivity contribution is 0.272. The molecule has 0 radical (unpaired) electrons. The summed E-state index contributed by atoms with van der Waals surface area (Å²) in [5.74, 6) is 0.442. The fourth-order valence-corrected chi connectivity index (χ4v) is 5.57. The number of benzene rings is 2. The van der Waals surface area contributed by atoms with Gasteiger partial charge in [-0.2, -0.15) is 4.31 Å². The fraction of sp³-hybridized carbons (Fsp3) is 0.286. The Labute approximate surface area is 172 Å². The third-order valence-electron chi connectivity index (χ3n) is 5.22. The molecule has 0 aliphatic carbocycles. The lowest BCUT2D eigenvalue weighted by atomic mass is 9.91. The maximum absolute atomic E-state index is 13.1. The first-order valence-corrected chi connectivity index (χ1v) is 11.4. The van der Waals surface area contributed by atoms with Crippen molar-refractivity contribution >= 4 is 36.9 Å². The van der Waals surface area contributed by atoms with Crippen LogP contribution in [-0.4, -0.2) is 25.8 Å². The first-order chi connectivity index (χ1) is 13.4. The Hall–Kier alpha value is -1.96. The molecule has 146 valence electrons. The molecular weight excluding hydrogens is 442 g/mol. The molecule has 0 unspecified atom stereocenters. The monoisotopic (exact) mass is 461 g/mol. The molecule has 28 heavy (non-hydrogen) atoms. The van der Waals surface area contributed by atoms with Gasteiger partial charge in [-0.15, -0.1) is 0 Å². The first-order valence-electron chi connectivity index (χ1n) is 9.21. The summed E-state index contributed by atoms with van der Waals surface area (Å²) in [4.78, 5) is 12.0. The predicted octanol–water partition coefficient (Wildman–Crippen LogP) is 4.20. The van der Waals surface area contributed by atoms with Gasteiger partial charge in [0, 0.05) is 22.9 Å². The summed E-state index contributed by atoms with van der Waals surface area (Å²) in [6.45, 7) is 0.825. The first kappa shape index (κ1) is 19.4. The van der Waals surface area contributed by atoms with Gasteiger partial charge in [-0.1, -0.05) is 46.3 Å². The van der Waals surface area contributed by atoms with Crippen molar-refractivity contribution in [3.8, 4) is 0 Å². The molecule has 0 N–H and O–H groups in total. The second-order valence-electron chi connectivity index (χ2n) is 7.12. The van der Waals surface area contributed by atoms with Crippen molar-refractivity contribution in [3.63, 3.8) is 0 Å². The molecule has 4 rings (SSSR count). The summed E-state index contributed by atoms with van der Waals surface area (Å²) in [6.07, 6.45) is 2.50. The molecule has 1 fully saturated rings. The molecule has 0 spiro atoms. The van der Waals surface area contributed by atoms with Crippen molar-refractivity contribution < 1.29 is 12.8 Å². The maximum Gasteiger partial charge on any atom is 0.356 e. The Bertz CT molecular complexity index is 1150. The van der Waals surface area contributed by atoms with Gasteiger partial charge >= 0.3 is 5.63 Å². The molecule has 7 heteroatoms. The lowest BCUT2D eigenvalue weighted by Crippen LogP contribution is -2.40. The van der Waals surface area contributed by atoms with Crippen LogP contribution in [0.25, 0.3) is 11.0 Å². The summed E-state index contributed by atoms with van der Waals surface area (Å²) in [5, 5.41) is 0.575. The molecule has 3 aromatic rings. The van der Waals surface area contributed by atoms with Gasteiger partial charge < -0.3 is 4.42 Å². The van der Waals surface area contributed by atoms with Crippen LogP contribution >= 0.6 is 15.9 Å². The van der Waals surface area contributed by atoms with Gasteiger partial charge in [0.15, 0.2) is 4.90 Å². The summed E-state index contributed by atoms with van der Waals surface area (Å²) in [5.41, 5.74) is 0.819. The summed E-state index contributed by atoms with van der Waals surface area (Å²) >= 11 is 3.36. The van der Waals surface area contributed by atoms with E-state index in [1.54, 1.807) is 18.2 Å². The lowest BCUT2D eigenvalue weighted by Gasteiger charge is -2.31. The van der Waals surface area contributed by atoms with Crippen molar-refractivity contribution in [3.05, 3.63) is 75.1 Å². The number of sulfonamides is 1.